The molecule has 0 fully saturated rings. The Bertz CT molecular complexity index is 1240. The molecule has 0 spiro atoms. The number of carbonyl (C=O) groups is 1. The van der Waals surface area contributed by atoms with Gasteiger partial charge in [-0.15, -0.1) is 0 Å². The van der Waals surface area contributed by atoms with Crippen molar-refractivity contribution in [1.29, 1.82) is 0 Å². The molecule has 4 aromatic rings. The second-order valence-electron chi connectivity index (χ2n) is 6.30. The van der Waals surface area contributed by atoms with Gasteiger partial charge >= 0.3 is 0 Å². The van der Waals surface area contributed by atoms with Crippen molar-refractivity contribution in [3.05, 3.63) is 69.1 Å². The molecule has 0 saturated heterocycles. The monoisotopic (exact) mass is 364 g/mol. The number of nitrogens with one attached hydrogen (secondary N) is 1. The maximum absolute atomic E-state index is 12.6. The van der Waals surface area contributed by atoms with Gasteiger partial charge in [0, 0.05) is 6.07 Å². The highest BCUT2D eigenvalue weighted by Crippen LogP contribution is 2.27. The van der Waals surface area contributed by atoms with Crippen LogP contribution in [0.5, 0.6) is 0 Å². The van der Waals surface area contributed by atoms with E-state index in [2.05, 4.69) is 10.3 Å². The van der Waals surface area contributed by atoms with Crippen LogP contribution in [0.15, 0.2) is 45.6 Å². The van der Waals surface area contributed by atoms with Gasteiger partial charge in [0.1, 0.15) is 5.58 Å². The molecule has 0 bridgehead atoms. The number of anilines is 1. The molecule has 6 heteroatoms. The summed E-state index contributed by atoms with van der Waals surface area (Å²) in [4.78, 5) is 29.3. The Kier molecular flexibility index (Phi) is 3.85. The molecule has 0 saturated carbocycles. The van der Waals surface area contributed by atoms with E-state index in [4.69, 9.17) is 4.42 Å². The van der Waals surface area contributed by atoms with Gasteiger partial charge in [-0.3, -0.25) is 14.9 Å². The molecule has 2 aromatic heterocycles. The summed E-state index contributed by atoms with van der Waals surface area (Å²) >= 11 is 1.39. The Morgan fingerprint density at radius 1 is 1.12 bits per heavy atom. The summed E-state index contributed by atoms with van der Waals surface area (Å²) in [6, 6.07) is 10.7. The molecule has 0 radical (unpaired) electrons. The van der Waals surface area contributed by atoms with Crippen molar-refractivity contribution >= 4 is 43.6 Å². The molecule has 1 N–H and O–H groups in total. The van der Waals surface area contributed by atoms with E-state index in [1.807, 2.05) is 45.0 Å². The van der Waals surface area contributed by atoms with Crippen LogP contribution in [0.1, 0.15) is 27.2 Å². The lowest BCUT2D eigenvalue weighted by Gasteiger charge is -2.06. The van der Waals surface area contributed by atoms with E-state index in [0.29, 0.717) is 16.1 Å². The van der Waals surface area contributed by atoms with Crippen molar-refractivity contribution in [2.45, 2.75) is 20.8 Å². The number of aryl methyl sites for hydroxylation is 3. The Morgan fingerprint density at radius 2 is 1.92 bits per heavy atom. The van der Waals surface area contributed by atoms with Crippen molar-refractivity contribution in [2.75, 3.05) is 5.32 Å². The van der Waals surface area contributed by atoms with Gasteiger partial charge in [-0.05, 0) is 55.7 Å². The minimum Gasteiger partial charge on any atom is -0.450 e. The summed E-state index contributed by atoms with van der Waals surface area (Å²) in [5.41, 5.74) is 4.01. The van der Waals surface area contributed by atoms with Crippen molar-refractivity contribution in [2.24, 2.45) is 0 Å². The van der Waals surface area contributed by atoms with Crippen molar-refractivity contribution in [3.63, 3.8) is 0 Å². The summed E-state index contributed by atoms with van der Waals surface area (Å²) in [6.45, 7) is 5.81. The predicted octanol–water partition coefficient (Wildman–Crippen LogP) is 4.58. The van der Waals surface area contributed by atoms with Gasteiger partial charge in [-0.25, -0.2) is 4.98 Å². The maximum Gasteiger partial charge on any atom is 0.293 e. The first-order valence-electron chi connectivity index (χ1n) is 8.15. The molecule has 0 aliphatic rings. The Labute approximate surface area is 153 Å². The maximum atomic E-state index is 12.6. The van der Waals surface area contributed by atoms with Crippen LogP contribution < -0.4 is 10.7 Å². The molecule has 2 heterocycles. The fourth-order valence-corrected chi connectivity index (χ4v) is 3.77. The van der Waals surface area contributed by atoms with Gasteiger partial charge in [-0.1, -0.05) is 23.5 Å². The van der Waals surface area contributed by atoms with Crippen molar-refractivity contribution in [3.8, 4) is 0 Å². The summed E-state index contributed by atoms with van der Waals surface area (Å²) in [6.07, 6.45) is 0. The molecule has 4 rings (SSSR count). The number of nitrogens with zero attached hydrogens (tertiary/aromatic N) is 1. The predicted molar refractivity (Wildman–Crippen MR) is 104 cm³/mol. The molecule has 0 unspecified atom stereocenters. The van der Waals surface area contributed by atoms with E-state index in [1.54, 1.807) is 6.07 Å². The van der Waals surface area contributed by atoms with Crippen LogP contribution in [-0.2, 0) is 0 Å². The molecule has 0 aliphatic heterocycles. The average Bonchev–Trinajstić information content (AvgIpc) is 2.99. The zero-order chi connectivity index (χ0) is 18.4. The third-order valence-corrected chi connectivity index (χ3v) is 5.34. The van der Waals surface area contributed by atoms with E-state index in [1.165, 1.54) is 17.4 Å². The molecule has 1 amide bonds. The van der Waals surface area contributed by atoms with Crippen molar-refractivity contribution < 1.29 is 9.21 Å². The van der Waals surface area contributed by atoms with Gasteiger partial charge in [0.05, 0.1) is 15.6 Å². The largest absolute Gasteiger partial charge is 0.450 e. The highest BCUT2D eigenvalue weighted by atomic mass is 32.1. The number of hydrogen-bond donors (Lipinski definition) is 1. The number of amides is 1. The second kappa shape index (κ2) is 6.07. The van der Waals surface area contributed by atoms with Crippen LogP contribution in [0.25, 0.3) is 21.2 Å². The molecule has 5 nitrogen and oxygen atoms in total. The smallest absolute Gasteiger partial charge is 0.293 e. The molecule has 26 heavy (non-hydrogen) atoms. The third kappa shape index (κ3) is 2.78. The number of rotatable bonds is 2. The van der Waals surface area contributed by atoms with E-state index >= 15 is 0 Å². The number of benzene rings is 2. The number of fused-ring (bicyclic) bond motifs is 2. The van der Waals surface area contributed by atoms with E-state index in [-0.39, 0.29) is 11.2 Å². The van der Waals surface area contributed by atoms with E-state index < -0.39 is 5.91 Å². The summed E-state index contributed by atoms with van der Waals surface area (Å²) in [5.74, 6) is -0.507. The zero-order valence-corrected chi connectivity index (χ0v) is 15.4. The second-order valence-corrected chi connectivity index (χ2v) is 7.33. The standard InChI is InChI=1S/C20H16N2O3S/c1-10-4-7-14-17(8-10)26-20(21-14)22-19(24)16-9-15(23)13-6-5-11(2)12(3)18(13)25-16/h4-9H,1-3H3,(H,21,22,24). The van der Waals surface area contributed by atoms with Gasteiger partial charge in [0.15, 0.2) is 16.3 Å². The molecular weight excluding hydrogens is 348 g/mol. The fourth-order valence-electron chi connectivity index (χ4n) is 2.81. The fraction of sp³-hybridized carbons (Fsp3) is 0.150. The third-order valence-electron chi connectivity index (χ3n) is 4.40. The molecule has 2 aromatic carbocycles. The molecule has 0 aliphatic carbocycles. The Balaban J connectivity index is 1.73. The minimum absolute atomic E-state index is 0.0216. The quantitative estimate of drug-likeness (QED) is 0.565. The highest BCUT2D eigenvalue weighted by Gasteiger charge is 2.16. The highest BCUT2D eigenvalue weighted by molar-refractivity contribution is 7.22. The first kappa shape index (κ1) is 16.5. The zero-order valence-electron chi connectivity index (χ0n) is 14.5. The number of aromatic nitrogens is 1. The van der Waals surface area contributed by atoms with Crippen LogP contribution in [0.3, 0.4) is 0 Å². The SMILES string of the molecule is Cc1ccc2nc(NC(=O)c3cc(=O)c4ccc(C)c(C)c4o3)sc2c1. The van der Waals surface area contributed by atoms with E-state index in [9.17, 15) is 9.59 Å². The average molecular weight is 364 g/mol. The first-order chi connectivity index (χ1) is 12.4. The van der Waals surface area contributed by atoms with Gasteiger partial charge < -0.3 is 4.42 Å². The molecule has 0 atom stereocenters. The van der Waals surface area contributed by atoms with Gasteiger partial charge in [-0.2, -0.15) is 0 Å². The lowest BCUT2D eigenvalue weighted by Crippen LogP contribution is -2.15. The lowest BCUT2D eigenvalue weighted by atomic mass is 10.1. The summed E-state index contributed by atoms with van der Waals surface area (Å²) in [5, 5.41) is 3.67. The molecule has 130 valence electrons. The van der Waals surface area contributed by atoms with Crippen LogP contribution in [-0.4, -0.2) is 10.9 Å². The number of carbonyl (C=O) groups excluding carboxylic acids is 1. The van der Waals surface area contributed by atoms with Crippen molar-refractivity contribution in [1.82, 2.24) is 4.98 Å². The minimum atomic E-state index is -0.485. The summed E-state index contributed by atoms with van der Waals surface area (Å²) < 4.78 is 6.74. The van der Waals surface area contributed by atoms with Crippen LogP contribution in [0.2, 0.25) is 0 Å². The first-order valence-corrected chi connectivity index (χ1v) is 8.96. The Hall–Kier alpha value is -2.99. The number of thiazole rings is 1. The normalized spacial score (nSPS) is 11.2. The van der Waals surface area contributed by atoms with Crippen LogP contribution in [0, 0.1) is 20.8 Å². The van der Waals surface area contributed by atoms with Gasteiger partial charge in [0.25, 0.3) is 5.91 Å². The molecular formula is C20H16N2O3S. The number of hydrogen-bond acceptors (Lipinski definition) is 5. The topological polar surface area (TPSA) is 72.2 Å². The van der Waals surface area contributed by atoms with E-state index in [0.717, 1.165) is 26.9 Å². The summed E-state index contributed by atoms with van der Waals surface area (Å²) in [7, 11) is 0. The van der Waals surface area contributed by atoms with Gasteiger partial charge in [0.2, 0.25) is 0 Å². The van der Waals surface area contributed by atoms with Crippen LogP contribution >= 0.6 is 11.3 Å². The lowest BCUT2D eigenvalue weighted by molar-refractivity contribution is 0.0997. The van der Waals surface area contributed by atoms with Crippen LogP contribution in [0.4, 0.5) is 5.13 Å². The Morgan fingerprint density at radius 3 is 2.73 bits per heavy atom.